The van der Waals surface area contributed by atoms with Crippen LogP contribution in [0.25, 0.3) is 0 Å². The van der Waals surface area contributed by atoms with Crippen molar-refractivity contribution < 1.29 is 4.79 Å². The van der Waals surface area contributed by atoms with E-state index in [4.69, 9.17) is 0 Å². The van der Waals surface area contributed by atoms with Crippen molar-refractivity contribution in [3.05, 3.63) is 82.6 Å². The topological polar surface area (TPSA) is 17.1 Å². The SMILES string of the molecule is CC(C)(C)/C=C(Sc1ccccc1)/C(=C/C=O)Sc1ccccc1. The Labute approximate surface area is 153 Å². The highest BCUT2D eigenvalue weighted by atomic mass is 32.2. The molecule has 0 amide bonds. The summed E-state index contributed by atoms with van der Waals surface area (Å²) >= 11 is 3.32. The molecule has 0 N–H and O–H groups in total. The Hall–Kier alpha value is -1.71. The van der Waals surface area contributed by atoms with Crippen LogP contribution >= 0.6 is 23.5 Å². The van der Waals surface area contributed by atoms with E-state index in [1.165, 1.54) is 4.90 Å². The van der Waals surface area contributed by atoms with E-state index in [1.54, 1.807) is 29.6 Å². The van der Waals surface area contributed by atoms with Crippen LogP contribution in [-0.2, 0) is 4.79 Å². The van der Waals surface area contributed by atoms with Gasteiger partial charge in [-0.15, -0.1) is 0 Å². The van der Waals surface area contributed by atoms with Crippen molar-refractivity contribution in [3.8, 4) is 0 Å². The van der Waals surface area contributed by atoms with Gasteiger partial charge in [-0.1, -0.05) is 86.8 Å². The monoisotopic (exact) mass is 354 g/mol. The van der Waals surface area contributed by atoms with Crippen LogP contribution in [0.3, 0.4) is 0 Å². The molecule has 0 spiro atoms. The molecule has 0 radical (unpaired) electrons. The maximum Gasteiger partial charge on any atom is 0.144 e. The minimum Gasteiger partial charge on any atom is -0.299 e. The van der Waals surface area contributed by atoms with E-state index in [1.807, 2.05) is 36.4 Å². The number of carbonyl (C=O) groups is 1. The Morgan fingerprint density at radius 2 is 1.25 bits per heavy atom. The summed E-state index contributed by atoms with van der Waals surface area (Å²) in [5, 5.41) is 0. The van der Waals surface area contributed by atoms with Crippen molar-refractivity contribution in [2.75, 3.05) is 0 Å². The van der Waals surface area contributed by atoms with E-state index in [2.05, 4.69) is 51.1 Å². The fourth-order valence-electron chi connectivity index (χ4n) is 2.00. The highest BCUT2D eigenvalue weighted by Crippen LogP contribution is 2.42. The Morgan fingerprint density at radius 1 is 0.792 bits per heavy atom. The Bertz CT molecular complexity index is 711. The molecule has 0 heterocycles. The lowest BCUT2D eigenvalue weighted by Crippen LogP contribution is -2.01. The van der Waals surface area contributed by atoms with Crippen molar-refractivity contribution >= 4 is 29.8 Å². The van der Waals surface area contributed by atoms with Crippen LogP contribution in [0.2, 0.25) is 0 Å². The van der Waals surface area contributed by atoms with Gasteiger partial charge in [-0.25, -0.2) is 0 Å². The van der Waals surface area contributed by atoms with Crippen LogP contribution in [0.4, 0.5) is 0 Å². The van der Waals surface area contributed by atoms with Gasteiger partial charge >= 0.3 is 0 Å². The Balaban J connectivity index is 2.36. The summed E-state index contributed by atoms with van der Waals surface area (Å²) in [5.41, 5.74) is 0.0241. The fourth-order valence-corrected chi connectivity index (χ4v) is 4.21. The molecule has 0 saturated heterocycles. The normalized spacial score (nSPS) is 13.0. The van der Waals surface area contributed by atoms with Crippen molar-refractivity contribution in [2.45, 2.75) is 30.6 Å². The third kappa shape index (κ3) is 6.42. The van der Waals surface area contributed by atoms with Gasteiger partial charge in [-0.05, 0) is 35.8 Å². The molecule has 0 atom stereocenters. The van der Waals surface area contributed by atoms with E-state index in [9.17, 15) is 4.79 Å². The van der Waals surface area contributed by atoms with Gasteiger partial charge in [0.15, 0.2) is 0 Å². The van der Waals surface area contributed by atoms with Crippen LogP contribution in [0.15, 0.2) is 92.4 Å². The Kier molecular flexibility index (Phi) is 6.95. The van der Waals surface area contributed by atoms with Crippen molar-refractivity contribution in [1.82, 2.24) is 0 Å². The lowest BCUT2D eigenvalue weighted by atomic mass is 9.96. The zero-order chi connectivity index (χ0) is 17.4. The molecule has 0 unspecified atom stereocenters. The van der Waals surface area contributed by atoms with Gasteiger partial charge in [-0.2, -0.15) is 0 Å². The average molecular weight is 355 g/mol. The van der Waals surface area contributed by atoms with E-state index in [0.717, 1.165) is 21.0 Å². The summed E-state index contributed by atoms with van der Waals surface area (Å²) in [5.74, 6) is 0. The summed E-state index contributed by atoms with van der Waals surface area (Å²) in [7, 11) is 0. The zero-order valence-electron chi connectivity index (χ0n) is 14.2. The van der Waals surface area contributed by atoms with Crippen molar-refractivity contribution in [2.24, 2.45) is 5.41 Å². The molecule has 2 aromatic rings. The lowest BCUT2D eigenvalue weighted by Gasteiger charge is -2.18. The summed E-state index contributed by atoms with van der Waals surface area (Å²) < 4.78 is 0. The highest BCUT2D eigenvalue weighted by molar-refractivity contribution is 8.08. The van der Waals surface area contributed by atoms with Crippen molar-refractivity contribution in [3.63, 3.8) is 0 Å². The van der Waals surface area contributed by atoms with Gasteiger partial charge in [0, 0.05) is 19.6 Å². The molecule has 2 aromatic carbocycles. The van der Waals surface area contributed by atoms with E-state index in [0.29, 0.717) is 0 Å². The second-order valence-corrected chi connectivity index (χ2v) is 8.60. The molecule has 124 valence electrons. The molecule has 0 bridgehead atoms. The molecule has 3 heteroatoms. The first kappa shape index (κ1) is 18.6. The number of allylic oxidation sites excluding steroid dienone is 2. The average Bonchev–Trinajstić information content (AvgIpc) is 2.54. The molecular formula is C21H22OS2. The zero-order valence-corrected chi connectivity index (χ0v) is 15.9. The molecule has 0 aliphatic heterocycles. The molecule has 2 rings (SSSR count). The van der Waals surface area contributed by atoms with Crippen LogP contribution in [0, 0.1) is 5.41 Å². The van der Waals surface area contributed by atoms with E-state index >= 15 is 0 Å². The van der Waals surface area contributed by atoms with Gasteiger partial charge in [0.25, 0.3) is 0 Å². The van der Waals surface area contributed by atoms with Crippen LogP contribution in [-0.4, -0.2) is 6.29 Å². The molecular weight excluding hydrogens is 332 g/mol. The maximum atomic E-state index is 11.2. The molecule has 1 nitrogen and oxygen atoms in total. The molecule has 0 saturated carbocycles. The summed E-state index contributed by atoms with van der Waals surface area (Å²) in [6.07, 6.45) is 4.76. The van der Waals surface area contributed by atoms with Gasteiger partial charge < -0.3 is 0 Å². The number of aldehydes is 1. The molecule has 24 heavy (non-hydrogen) atoms. The molecule has 0 aromatic heterocycles. The van der Waals surface area contributed by atoms with Gasteiger partial charge in [0.05, 0.1) is 0 Å². The minimum atomic E-state index is 0.0241. The number of rotatable bonds is 6. The first-order valence-corrected chi connectivity index (χ1v) is 9.46. The lowest BCUT2D eigenvalue weighted by molar-refractivity contribution is -0.104. The van der Waals surface area contributed by atoms with Crippen molar-refractivity contribution in [1.29, 1.82) is 0 Å². The smallest absolute Gasteiger partial charge is 0.144 e. The van der Waals surface area contributed by atoms with Crippen LogP contribution in [0.5, 0.6) is 0 Å². The predicted molar refractivity (Wildman–Crippen MR) is 106 cm³/mol. The minimum absolute atomic E-state index is 0.0241. The largest absolute Gasteiger partial charge is 0.299 e. The number of hydrogen-bond donors (Lipinski definition) is 0. The number of hydrogen-bond acceptors (Lipinski definition) is 3. The first-order valence-electron chi connectivity index (χ1n) is 7.82. The summed E-state index contributed by atoms with van der Waals surface area (Å²) in [6.45, 7) is 6.51. The number of thioether (sulfide) groups is 2. The first-order chi connectivity index (χ1) is 11.5. The van der Waals surface area contributed by atoms with Gasteiger partial charge in [0.1, 0.15) is 6.29 Å². The van der Waals surface area contributed by atoms with Gasteiger partial charge in [0.2, 0.25) is 0 Å². The molecule has 0 fully saturated rings. The highest BCUT2D eigenvalue weighted by Gasteiger charge is 2.15. The second-order valence-electron chi connectivity index (χ2n) is 6.37. The summed E-state index contributed by atoms with van der Waals surface area (Å²) in [6, 6.07) is 20.4. The second kappa shape index (κ2) is 8.95. The third-order valence-electron chi connectivity index (χ3n) is 2.97. The van der Waals surface area contributed by atoms with E-state index < -0.39 is 0 Å². The van der Waals surface area contributed by atoms with Crippen LogP contribution in [0.1, 0.15) is 20.8 Å². The predicted octanol–water partition coefficient (Wildman–Crippen LogP) is 6.58. The quantitative estimate of drug-likeness (QED) is 0.252. The van der Waals surface area contributed by atoms with E-state index in [-0.39, 0.29) is 5.41 Å². The standard InChI is InChI=1S/C21H22OS2/c1-21(2,3)16-20(24-18-12-8-5-9-13-18)19(14-15-22)23-17-10-6-4-7-11-17/h4-16H,1-3H3/b19-14-,20-16-. The van der Waals surface area contributed by atoms with Crippen LogP contribution < -0.4 is 0 Å². The Morgan fingerprint density at radius 3 is 1.67 bits per heavy atom. The number of carbonyl (C=O) groups excluding carboxylic acids is 1. The molecule has 0 aliphatic carbocycles. The van der Waals surface area contributed by atoms with Gasteiger partial charge in [-0.3, -0.25) is 4.79 Å². The third-order valence-corrected chi connectivity index (χ3v) is 5.25. The maximum absolute atomic E-state index is 11.2. The summed E-state index contributed by atoms with van der Waals surface area (Å²) in [4.78, 5) is 15.6. The molecule has 0 aliphatic rings. The number of benzene rings is 2. The fraction of sp³-hybridized carbons (Fsp3) is 0.190.